The van der Waals surface area contributed by atoms with Gasteiger partial charge in [0.2, 0.25) is 0 Å². The van der Waals surface area contributed by atoms with Crippen molar-refractivity contribution in [1.29, 1.82) is 0 Å². The number of H-pyrrole nitrogens is 1. The number of benzene rings is 2. The molecule has 0 atom stereocenters. The Balaban J connectivity index is 1.63. The molecule has 0 aliphatic rings. The fourth-order valence-corrected chi connectivity index (χ4v) is 3.89. The van der Waals surface area contributed by atoms with Gasteiger partial charge in [0.25, 0.3) is 0 Å². The molecule has 0 aliphatic heterocycles. The summed E-state index contributed by atoms with van der Waals surface area (Å²) in [6, 6.07) is 10.6. The molecule has 0 spiro atoms. The second-order valence-electron chi connectivity index (χ2n) is 8.20. The first kappa shape index (κ1) is 24.0. The summed E-state index contributed by atoms with van der Waals surface area (Å²) >= 11 is 0. The minimum Gasteiger partial charge on any atom is -0.506 e. The number of hydrogen-bond acceptors (Lipinski definition) is 7. The number of aryl methyl sites for hydroxylation is 2. The summed E-state index contributed by atoms with van der Waals surface area (Å²) in [6.07, 6.45) is 0.364. The van der Waals surface area contributed by atoms with Crippen LogP contribution in [0, 0.1) is 26.6 Å². The predicted octanol–water partition coefficient (Wildman–Crippen LogP) is 4.76. The normalized spacial score (nSPS) is 11.0. The molecule has 0 saturated heterocycles. The SMILES string of the molecule is CCOc1ccc(C)c(-c2nc(Cc3c(C)cc(OCc4noc(=O)[nH]4)c(F)c3C)ccc2O)c1. The van der Waals surface area contributed by atoms with Crippen LogP contribution in [-0.4, -0.2) is 26.8 Å². The van der Waals surface area contributed by atoms with Gasteiger partial charge in [-0.2, -0.15) is 0 Å². The number of ether oxygens (including phenoxy) is 2. The number of pyridine rings is 1. The van der Waals surface area contributed by atoms with E-state index in [1.807, 2.05) is 39.0 Å². The van der Waals surface area contributed by atoms with E-state index in [1.165, 1.54) is 0 Å². The average Bonchev–Trinajstić information content (AvgIpc) is 3.25. The largest absolute Gasteiger partial charge is 0.506 e. The topological polar surface area (TPSA) is 110 Å². The molecule has 0 unspecified atom stereocenters. The van der Waals surface area contributed by atoms with E-state index in [9.17, 15) is 9.90 Å². The van der Waals surface area contributed by atoms with Crippen molar-refractivity contribution in [1.82, 2.24) is 15.1 Å². The number of nitrogens with one attached hydrogen (secondary N) is 1. The number of aromatic amines is 1. The highest BCUT2D eigenvalue weighted by Crippen LogP contribution is 2.34. The van der Waals surface area contributed by atoms with Crippen molar-refractivity contribution in [3.63, 3.8) is 0 Å². The van der Waals surface area contributed by atoms with Crippen LogP contribution in [0.5, 0.6) is 17.2 Å². The minimum atomic E-state index is -0.702. The third kappa shape index (κ3) is 5.18. The molecule has 0 amide bonds. The molecule has 4 aromatic rings. The number of rotatable bonds is 8. The van der Waals surface area contributed by atoms with Gasteiger partial charge in [0.15, 0.2) is 17.4 Å². The Morgan fingerprint density at radius 3 is 2.60 bits per heavy atom. The van der Waals surface area contributed by atoms with E-state index in [0.29, 0.717) is 35.7 Å². The Hall–Kier alpha value is -4.14. The molecule has 0 bridgehead atoms. The summed E-state index contributed by atoms with van der Waals surface area (Å²) in [5.74, 6) is -0.241. The fraction of sp³-hybridized carbons (Fsp3) is 0.269. The maximum atomic E-state index is 15.1. The van der Waals surface area contributed by atoms with Crippen molar-refractivity contribution in [3.05, 3.63) is 86.5 Å². The molecule has 2 N–H and O–H groups in total. The number of hydrogen-bond donors (Lipinski definition) is 2. The Morgan fingerprint density at radius 2 is 1.89 bits per heavy atom. The van der Waals surface area contributed by atoms with E-state index in [1.54, 1.807) is 25.1 Å². The Kier molecular flexibility index (Phi) is 6.86. The van der Waals surface area contributed by atoms with Crippen molar-refractivity contribution < 1.29 is 23.5 Å². The number of halogens is 1. The molecule has 0 aliphatic carbocycles. The molecule has 2 aromatic carbocycles. The zero-order valence-corrected chi connectivity index (χ0v) is 19.9. The molecule has 0 saturated carbocycles. The summed E-state index contributed by atoms with van der Waals surface area (Å²) in [4.78, 5) is 18.1. The molecule has 8 nitrogen and oxygen atoms in total. The van der Waals surface area contributed by atoms with E-state index in [-0.39, 0.29) is 23.9 Å². The molecule has 4 rings (SSSR count). The zero-order valence-electron chi connectivity index (χ0n) is 19.9. The van der Waals surface area contributed by atoms with Crippen molar-refractivity contribution in [2.24, 2.45) is 0 Å². The summed E-state index contributed by atoms with van der Waals surface area (Å²) in [7, 11) is 0. The second kappa shape index (κ2) is 10.0. The lowest BCUT2D eigenvalue weighted by Crippen LogP contribution is -2.06. The standard InChI is InChI=1S/C26H26FN3O5/c1-5-33-18-8-6-14(2)20(12-18)25-21(31)9-7-17(28-25)11-19-15(3)10-22(24(27)16(19)4)34-13-23-29-26(32)35-30-23/h6-10,12,31H,5,11,13H2,1-4H3,(H,29,30,32). The number of aromatic hydroxyl groups is 1. The maximum Gasteiger partial charge on any atom is 0.439 e. The third-order valence-electron chi connectivity index (χ3n) is 5.74. The highest BCUT2D eigenvalue weighted by molar-refractivity contribution is 5.71. The molecule has 2 heterocycles. The van der Waals surface area contributed by atoms with Crippen LogP contribution in [0.3, 0.4) is 0 Å². The van der Waals surface area contributed by atoms with E-state index in [0.717, 1.165) is 22.3 Å². The molecule has 0 fully saturated rings. The molecule has 9 heteroatoms. The Bertz CT molecular complexity index is 1430. The molecular weight excluding hydrogens is 453 g/mol. The van der Waals surface area contributed by atoms with Gasteiger partial charge in [-0.25, -0.2) is 14.2 Å². The van der Waals surface area contributed by atoms with Crippen LogP contribution in [0.15, 0.2) is 45.7 Å². The quantitative estimate of drug-likeness (QED) is 0.375. The number of aromatic nitrogens is 3. The lowest BCUT2D eigenvalue weighted by molar-refractivity contribution is 0.271. The van der Waals surface area contributed by atoms with Crippen LogP contribution in [0.25, 0.3) is 11.3 Å². The fourth-order valence-electron chi connectivity index (χ4n) is 3.89. The molecule has 2 aromatic heterocycles. The van der Waals surface area contributed by atoms with Crippen molar-refractivity contribution >= 4 is 0 Å². The van der Waals surface area contributed by atoms with E-state index in [2.05, 4.69) is 14.7 Å². The van der Waals surface area contributed by atoms with Crippen molar-refractivity contribution in [2.45, 2.75) is 40.7 Å². The van der Waals surface area contributed by atoms with Crippen LogP contribution in [0.4, 0.5) is 4.39 Å². The van der Waals surface area contributed by atoms with Crippen LogP contribution in [0.2, 0.25) is 0 Å². The van der Waals surface area contributed by atoms with E-state index in [4.69, 9.17) is 14.5 Å². The highest BCUT2D eigenvalue weighted by atomic mass is 19.1. The summed E-state index contributed by atoms with van der Waals surface area (Å²) in [5.41, 5.74) is 4.86. The molecule has 35 heavy (non-hydrogen) atoms. The van der Waals surface area contributed by atoms with Gasteiger partial charge in [-0.15, -0.1) is 0 Å². The van der Waals surface area contributed by atoms with Crippen molar-refractivity contribution in [3.8, 4) is 28.5 Å². The van der Waals surface area contributed by atoms with Gasteiger partial charge in [0, 0.05) is 17.7 Å². The van der Waals surface area contributed by atoms with Gasteiger partial charge in [-0.05, 0) is 80.3 Å². The monoisotopic (exact) mass is 479 g/mol. The maximum absolute atomic E-state index is 15.1. The summed E-state index contributed by atoms with van der Waals surface area (Å²) < 4.78 is 30.7. The van der Waals surface area contributed by atoms with E-state index >= 15 is 4.39 Å². The average molecular weight is 480 g/mol. The van der Waals surface area contributed by atoms with Crippen LogP contribution < -0.4 is 15.2 Å². The first-order valence-electron chi connectivity index (χ1n) is 11.2. The zero-order chi connectivity index (χ0) is 25.1. The lowest BCUT2D eigenvalue weighted by Gasteiger charge is -2.16. The summed E-state index contributed by atoms with van der Waals surface area (Å²) in [5, 5.41) is 14.0. The van der Waals surface area contributed by atoms with Gasteiger partial charge in [-0.3, -0.25) is 9.51 Å². The lowest BCUT2D eigenvalue weighted by atomic mass is 9.96. The smallest absolute Gasteiger partial charge is 0.439 e. The van der Waals surface area contributed by atoms with Gasteiger partial charge < -0.3 is 14.6 Å². The van der Waals surface area contributed by atoms with Crippen molar-refractivity contribution in [2.75, 3.05) is 6.61 Å². The number of nitrogens with zero attached hydrogens (tertiary/aromatic N) is 2. The Labute approximate surface area is 201 Å². The molecule has 0 radical (unpaired) electrons. The van der Waals surface area contributed by atoms with Crippen LogP contribution >= 0.6 is 0 Å². The third-order valence-corrected chi connectivity index (χ3v) is 5.74. The Morgan fingerprint density at radius 1 is 1.09 bits per heavy atom. The highest BCUT2D eigenvalue weighted by Gasteiger charge is 2.18. The first-order chi connectivity index (χ1) is 16.8. The van der Waals surface area contributed by atoms with Gasteiger partial charge in [-0.1, -0.05) is 11.2 Å². The molecule has 182 valence electrons. The van der Waals surface area contributed by atoms with Crippen LogP contribution in [0.1, 0.15) is 40.7 Å². The van der Waals surface area contributed by atoms with Gasteiger partial charge >= 0.3 is 5.76 Å². The second-order valence-corrected chi connectivity index (χ2v) is 8.20. The van der Waals surface area contributed by atoms with Gasteiger partial charge in [0.1, 0.15) is 23.8 Å². The first-order valence-corrected chi connectivity index (χ1v) is 11.2. The predicted molar refractivity (Wildman–Crippen MR) is 127 cm³/mol. The van der Waals surface area contributed by atoms with E-state index < -0.39 is 11.6 Å². The summed E-state index contributed by atoms with van der Waals surface area (Å²) in [6.45, 7) is 7.79. The minimum absolute atomic E-state index is 0.0512. The van der Waals surface area contributed by atoms with Crippen LogP contribution in [-0.2, 0) is 13.0 Å². The van der Waals surface area contributed by atoms with Gasteiger partial charge in [0.05, 0.1) is 6.61 Å². The molecular formula is C26H26FN3O5.